The standard InChI is InChI=1S/C18H22N2O4/c1-18(2)14(11-16(21)24-18)17(22)19-7-9-20-8-6-12-10-13(23-3)4-5-15(12)20/h4-6,8,10,14H,7,9,11H2,1-3H3,(H,19,22)/t14-/m0/s1. The van der Waals surface area contributed by atoms with Gasteiger partial charge in [0.2, 0.25) is 5.91 Å². The van der Waals surface area contributed by atoms with E-state index in [0.717, 1.165) is 16.7 Å². The molecule has 1 N–H and O–H groups in total. The van der Waals surface area contributed by atoms with E-state index in [1.807, 2.05) is 30.5 Å². The fraction of sp³-hybridized carbons (Fsp3) is 0.444. The number of ether oxygens (including phenoxy) is 2. The van der Waals surface area contributed by atoms with Gasteiger partial charge in [0.25, 0.3) is 0 Å². The monoisotopic (exact) mass is 330 g/mol. The Hall–Kier alpha value is -2.50. The summed E-state index contributed by atoms with van der Waals surface area (Å²) in [5, 5.41) is 4.00. The van der Waals surface area contributed by atoms with Gasteiger partial charge in [0.15, 0.2) is 0 Å². The summed E-state index contributed by atoms with van der Waals surface area (Å²) in [6, 6.07) is 7.92. The van der Waals surface area contributed by atoms with Crippen molar-refractivity contribution in [3.63, 3.8) is 0 Å². The van der Waals surface area contributed by atoms with Crippen molar-refractivity contribution < 1.29 is 19.1 Å². The maximum absolute atomic E-state index is 12.3. The van der Waals surface area contributed by atoms with Crippen molar-refractivity contribution >= 4 is 22.8 Å². The van der Waals surface area contributed by atoms with E-state index in [0.29, 0.717) is 13.1 Å². The van der Waals surface area contributed by atoms with Crippen LogP contribution in [0.3, 0.4) is 0 Å². The first-order valence-electron chi connectivity index (χ1n) is 8.03. The number of hydrogen-bond acceptors (Lipinski definition) is 4. The smallest absolute Gasteiger partial charge is 0.307 e. The molecule has 1 aromatic carbocycles. The Labute approximate surface area is 140 Å². The van der Waals surface area contributed by atoms with Crippen LogP contribution in [-0.2, 0) is 20.9 Å². The van der Waals surface area contributed by atoms with E-state index in [1.165, 1.54) is 0 Å². The number of nitrogens with zero attached hydrogens (tertiary/aromatic N) is 1. The number of amides is 1. The Balaban J connectivity index is 1.61. The Kier molecular flexibility index (Phi) is 4.22. The average molecular weight is 330 g/mol. The number of cyclic esters (lactones) is 1. The van der Waals surface area contributed by atoms with E-state index in [-0.39, 0.29) is 18.3 Å². The van der Waals surface area contributed by atoms with Gasteiger partial charge in [-0.05, 0) is 38.1 Å². The molecule has 128 valence electrons. The van der Waals surface area contributed by atoms with Crippen molar-refractivity contribution in [1.82, 2.24) is 9.88 Å². The molecule has 3 rings (SSSR count). The Morgan fingerprint density at radius 2 is 2.21 bits per heavy atom. The molecule has 24 heavy (non-hydrogen) atoms. The summed E-state index contributed by atoms with van der Waals surface area (Å²) in [6.45, 7) is 4.70. The van der Waals surface area contributed by atoms with Gasteiger partial charge in [-0.2, -0.15) is 0 Å². The molecule has 0 spiro atoms. The van der Waals surface area contributed by atoms with Gasteiger partial charge in [0.1, 0.15) is 11.4 Å². The van der Waals surface area contributed by atoms with Crippen molar-refractivity contribution in [2.24, 2.45) is 5.92 Å². The lowest BCUT2D eigenvalue weighted by molar-refractivity contribution is -0.147. The molecule has 0 bridgehead atoms. The van der Waals surface area contributed by atoms with E-state index in [1.54, 1.807) is 21.0 Å². The second kappa shape index (κ2) is 6.19. The number of esters is 1. The molecule has 2 aromatic rings. The predicted molar refractivity (Wildman–Crippen MR) is 89.8 cm³/mol. The number of carbonyl (C=O) groups is 2. The number of nitrogens with one attached hydrogen (secondary N) is 1. The molecular weight excluding hydrogens is 308 g/mol. The number of aromatic nitrogens is 1. The fourth-order valence-corrected chi connectivity index (χ4v) is 3.15. The van der Waals surface area contributed by atoms with Gasteiger partial charge in [-0.3, -0.25) is 9.59 Å². The summed E-state index contributed by atoms with van der Waals surface area (Å²) >= 11 is 0. The minimum atomic E-state index is -0.738. The Bertz CT molecular complexity index is 778. The third-order valence-electron chi connectivity index (χ3n) is 4.53. The second-order valence-corrected chi connectivity index (χ2v) is 6.56. The molecule has 0 unspecified atom stereocenters. The van der Waals surface area contributed by atoms with Crippen molar-refractivity contribution in [3.05, 3.63) is 30.5 Å². The van der Waals surface area contributed by atoms with Crippen LogP contribution in [0, 0.1) is 5.92 Å². The van der Waals surface area contributed by atoms with E-state index in [9.17, 15) is 9.59 Å². The average Bonchev–Trinajstić information content (AvgIpc) is 3.06. The molecule has 6 heteroatoms. The molecule has 0 radical (unpaired) electrons. The van der Waals surface area contributed by atoms with Gasteiger partial charge in [0, 0.05) is 30.2 Å². The lowest BCUT2D eigenvalue weighted by atomic mass is 9.90. The molecule has 1 aliphatic heterocycles. The molecule has 6 nitrogen and oxygen atoms in total. The molecule has 0 aliphatic carbocycles. The van der Waals surface area contributed by atoms with Crippen LogP contribution < -0.4 is 10.1 Å². The minimum Gasteiger partial charge on any atom is -0.497 e. The molecule has 1 saturated heterocycles. The molecule has 1 aliphatic rings. The first-order valence-corrected chi connectivity index (χ1v) is 8.03. The Morgan fingerprint density at radius 3 is 2.88 bits per heavy atom. The number of hydrogen-bond donors (Lipinski definition) is 1. The van der Waals surface area contributed by atoms with Crippen LogP contribution in [0.25, 0.3) is 10.9 Å². The van der Waals surface area contributed by atoms with Crippen LogP contribution in [0.1, 0.15) is 20.3 Å². The van der Waals surface area contributed by atoms with Gasteiger partial charge in [-0.25, -0.2) is 0 Å². The van der Waals surface area contributed by atoms with Crippen LogP contribution >= 0.6 is 0 Å². The number of rotatable bonds is 5. The summed E-state index contributed by atoms with van der Waals surface area (Å²) in [5.74, 6) is -0.0631. The van der Waals surface area contributed by atoms with Crippen LogP contribution in [0.5, 0.6) is 5.75 Å². The summed E-state index contributed by atoms with van der Waals surface area (Å²) in [5.41, 5.74) is 0.350. The van der Waals surface area contributed by atoms with Crippen molar-refractivity contribution in [2.75, 3.05) is 13.7 Å². The Morgan fingerprint density at radius 1 is 1.42 bits per heavy atom. The molecule has 1 aromatic heterocycles. The summed E-state index contributed by atoms with van der Waals surface area (Å²) in [6.07, 6.45) is 2.13. The second-order valence-electron chi connectivity index (χ2n) is 6.56. The van der Waals surface area contributed by atoms with Gasteiger partial charge < -0.3 is 19.4 Å². The molecule has 0 saturated carbocycles. The molecular formula is C18H22N2O4. The third-order valence-corrected chi connectivity index (χ3v) is 4.53. The number of carbonyl (C=O) groups excluding carboxylic acids is 2. The first-order chi connectivity index (χ1) is 11.4. The van der Waals surface area contributed by atoms with Crippen LogP contribution in [0.4, 0.5) is 0 Å². The van der Waals surface area contributed by atoms with E-state index >= 15 is 0 Å². The van der Waals surface area contributed by atoms with E-state index < -0.39 is 11.5 Å². The molecule has 1 amide bonds. The van der Waals surface area contributed by atoms with Crippen molar-refractivity contribution in [1.29, 1.82) is 0 Å². The highest BCUT2D eigenvalue weighted by molar-refractivity contribution is 5.87. The highest BCUT2D eigenvalue weighted by Crippen LogP contribution is 2.32. The normalized spacial score (nSPS) is 19.3. The van der Waals surface area contributed by atoms with Crippen LogP contribution in [0.15, 0.2) is 30.5 Å². The highest BCUT2D eigenvalue weighted by atomic mass is 16.6. The summed E-state index contributed by atoms with van der Waals surface area (Å²) in [7, 11) is 1.65. The lowest BCUT2D eigenvalue weighted by Crippen LogP contribution is -2.41. The molecule has 1 fully saturated rings. The molecule has 2 heterocycles. The highest BCUT2D eigenvalue weighted by Gasteiger charge is 2.45. The van der Waals surface area contributed by atoms with E-state index in [4.69, 9.17) is 9.47 Å². The van der Waals surface area contributed by atoms with Gasteiger partial charge in [-0.1, -0.05) is 0 Å². The third kappa shape index (κ3) is 3.09. The number of benzene rings is 1. The lowest BCUT2D eigenvalue weighted by Gasteiger charge is -2.23. The maximum Gasteiger partial charge on any atom is 0.307 e. The zero-order chi connectivity index (χ0) is 17.3. The maximum atomic E-state index is 12.3. The molecule has 1 atom stereocenters. The van der Waals surface area contributed by atoms with Crippen LogP contribution in [0.2, 0.25) is 0 Å². The predicted octanol–water partition coefficient (Wildman–Crippen LogP) is 2.11. The van der Waals surface area contributed by atoms with Gasteiger partial charge >= 0.3 is 5.97 Å². The number of fused-ring (bicyclic) bond motifs is 1. The summed E-state index contributed by atoms with van der Waals surface area (Å²) in [4.78, 5) is 23.7. The largest absolute Gasteiger partial charge is 0.497 e. The van der Waals surface area contributed by atoms with Crippen molar-refractivity contribution in [3.8, 4) is 5.75 Å². The number of methoxy groups -OCH3 is 1. The quantitative estimate of drug-likeness (QED) is 0.853. The van der Waals surface area contributed by atoms with Crippen LogP contribution in [-0.4, -0.2) is 35.7 Å². The van der Waals surface area contributed by atoms with E-state index in [2.05, 4.69) is 9.88 Å². The topological polar surface area (TPSA) is 69.6 Å². The minimum absolute atomic E-state index is 0.135. The first kappa shape index (κ1) is 16.4. The zero-order valence-electron chi connectivity index (χ0n) is 14.2. The van der Waals surface area contributed by atoms with Crippen molar-refractivity contribution in [2.45, 2.75) is 32.4 Å². The zero-order valence-corrected chi connectivity index (χ0v) is 14.2. The van der Waals surface area contributed by atoms with Gasteiger partial charge in [0.05, 0.1) is 19.4 Å². The summed E-state index contributed by atoms with van der Waals surface area (Å²) < 4.78 is 12.5. The fourth-order valence-electron chi connectivity index (χ4n) is 3.15. The SMILES string of the molecule is COc1ccc2c(ccn2CCNC(=O)[C@@H]2CC(=O)OC2(C)C)c1. The van der Waals surface area contributed by atoms with Gasteiger partial charge in [-0.15, -0.1) is 0 Å².